The van der Waals surface area contributed by atoms with E-state index in [2.05, 4.69) is 10.3 Å². The third-order valence-electron chi connectivity index (χ3n) is 1.97. The van der Waals surface area contributed by atoms with Gasteiger partial charge in [0.15, 0.2) is 0 Å². The summed E-state index contributed by atoms with van der Waals surface area (Å²) in [6.45, 7) is 0. The molecule has 0 saturated heterocycles. The molecular weight excluding hydrogens is 212 g/mol. The van der Waals surface area contributed by atoms with E-state index in [9.17, 15) is 4.79 Å². The number of nitrogens with zero attached hydrogens (tertiary/aromatic N) is 1. The minimum atomic E-state index is -0.798. The first-order valence-corrected chi connectivity index (χ1v) is 5.65. The Kier molecular flexibility index (Phi) is 5.14. The molecule has 1 heterocycles. The predicted octanol–water partition coefficient (Wildman–Crippen LogP) is 1.24. The molecule has 0 saturated carbocycles. The van der Waals surface area contributed by atoms with Crippen LogP contribution in [0, 0.1) is 0 Å². The van der Waals surface area contributed by atoms with Crippen molar-refractivity contribution in [1.82, 2.24) is 10.3 Å². The molecule has 0 amide bonds. The molecule has 82 valence electrons. The summed E-state index contributed by atoms with van der Waals surface area (Å²) in [7, 11) is 1.66. The summed E-state index contributed by atoms with van der Waals surface area (Å²) in [4.78, 5) is 15.7. The Hall–Kier alpha value is -1.07. The quantitative estimate of drug-likeness (QED) is 0.714. The van der Waals surface area contributed by atoms with Gasteiger partial charge in [-0.1, -0.05) is 0 Å². The number of rotatable bonds is 6. The van der Waals surface area contributed by atoms with Gasteiger partial charge in [0.1, 0.15) is 6.04 Å². The lowest BCUT2D eigenvalue weighted by Crippen LogP contribution is -2.34. The summed E-state index contributed by atoms with van der Waals surface area (Å²) in [5, 5.41) is 11.6. The van der Waals surface area contributed by atoms with Crippen molar-refractivity contribution < 1.29 is 9.90 Å². The molecule has 0 aliphatic rings. The first kappa shape index (κ1) is 12.0. The standard InChI is InChI=1S/C10H14N2O2S/c1-11-9(10(13)14)4-7-15-8-2-5-12-6-3-8/h2-3,5-6,9,11H,4,7H2,1H3,(H,13,14). The average molecular weight is 226 g/mol. The number of carbonyl (C=O) groups is 1. The minimum absolute atomic E-state index is 0.459. The van der Waals surface area contributed by atoms with Gasteiger partial charge in [0.25, 0.3) is 0 Å². The fourth-order valence-corrected chi connectivity index (χ4v) is 2.02. The molecule has 0 radical (unpaired) electrons. The fourth-order valence-electron chi connectivity index (χ4n) is 1.12. The van der Waals surface area contributed by atoms with Crippen molar-refractivity contribution in [3.8, 4) is 0 Å². The van der Waals surface area contributed by atoms with Gasteiger partial charge in [-0.3, -0.25) is 9.78 Å². The Balaban J connectivity index is 2.30. The predicted molar refractivity (Wildman–Crippen MR) is 60.1 cm³/mol. The number of hydrogen-bond donors (Lipinski definition) is 2. The summed E-state index contributed by atoms with van der Waals surface area (Å²) >= 11 is 1.64. The monoisotopic (exact) mass is 226 g/mol. The molecule has 1 aromatic heterocycles. The Morgan fingerprint density at radius 1 is 1.60 bits per heavy atom. The first-order chi connectivity index (χ1) is 7.24. The highest BCUT2D eigenvalue weighted by atomic mass is 32.2. The average Bonchev–Trinajstić information content (AvgIpc) is 2.25. The molecular formula is C10H14N2O2S. The van der Waals surface area contributed by atoms with Gasteiger partial charge in [0.05, 0.1) is 0 Å². The van der Waals surface area contributed by atoms with Crippen LogP contribution in [0.2, 0.25) is 0 Å². The molecule has 0 aliphatic heterocycles. The minimum Gasteiger partial charge on any atom is -0.480 e. The van der Waals surface area contributed by atoms with Crippen LogP contribution >= 0.6 is 11.8 Å². The van der Waals surface area contributed by atoms with Crippen molar-refractivity contribution in [3.63, 3.8) is 0 Å². The number of hydrogen-bond acceptors (Lipinski definition) is 4. The van der Waals surface area contributed by atoms with E-state index in [4.69, 9.17) is 5.11 Å². The molecule has 1 aromatic rings. The maximum absolute atomic E-state index is 10.7. The Morgan fingerprint density at radius 2 is 2.27 bits per heavy atom. The van der Waals surface area contributed by atoms with Gasteiger partial charge in [-0.15, -0.1) is 11.8 Å². The summed E-state index contributed by atoms with van der Waals surface area (Å²) in [6, 6.07) is 3.37. The molecule has 1 rings (SSSR count). The van der Waals surface area contributed by atoms with Gasteiger partial charge < -0.3 is 10.4 Å². The van der Waals surface area contributed by atoms with Gasteiger partial charge in [0.2, 0.25) is 0 Å². The van der Waals surface area contributed by atoms with E-state index in [0.29, 0.717) is 6.42 Å². The number of carboxylic acids is 1. The largest absolute Gasteiger partial charge is 0.480 e. The van der Waals surface area contributed by atoms with Crippen molar-refractivity contribution in [1.29, 1.82) is 0 Å². The zero-order chi connectivity index (χ0) is 11.1. The van der Waals surface area contributed by atoms with Gasteiger partial charge in [-0.2, -0.15) is 0 Å². The molecule has 1 atom stereocenters. The third kappa shape index (κ3) is 4.31. The van der Waals surface area contributed by atoms with Gasteiger partial charge in [-0.25, -0.2) is 0 Å². The lowest BCUT2D eigenvalue weighted by atomic mass is 10.2. The molecule has 0 bridgehead atoms. The smallest absolute Gasteiger partial charge is 0.320 e. The highest BCUT2D eigenvalue weighted by molar-refractivity contribution is 7.99. The molecule has 2 N–H and O–H groups in total. The summed E-state index contributed by atoms with van der Waals surface area (Å²) in [5.41, 5.74) is 0. The Bertz CT molecular complexity index is 306. The van der Waals surface area contributed by atoms with Crippen molar-refractivity contribution >= 4 is 17.7 Å². The molecule has 0 fully saturated rings. The van der Waals surface area contributed by atoms with E-state index in [1.165, 1.54) is 0 Å². The number of nitrogens with one attached hydrogen (secondary N) is 1. The van der Waals surface area contributed by atoms with Crippen LogP contribution in [0.3, 0.4) is 0 Å². The lowest BCUT2D eigenvalue weighted by Gasteiger charge is -2.09. The Morgan fingerprint density at radius 3 is 2.80 bits per heavy atom. The second kappa shape index (κ2) is 6.42. The van der Waals surface area contributed by atoms with Crippen LogP contribution in [0.25, 0.3) is 0 Å². The maximum atomic E-state index is 10.7. The van der Waals surface area contributed by atoms with E-state index in [1.54, 1.807) is 31.2 Å². The van der Waals surface area contributed by atoms with E-state index in [-0.39, 0.29) is 0 Å². The number of carboxylic acid groups (broad SMARTS) is 1. The topological polar surface area (TPSA) is 62.2 Å². The molecule has 4 nitrogen and oxygen atoms in total. The first-order valence-electron chi connectivity index (χ1n) is 4.67. The van der Waals surface area contributed by atoms with Crippen LogP contribution in [0.1, 0.15) is 6.42 Å². The van der Waals surface area contributed by atoms with Crippen LogP contribution in [0.15, 0.2) is 29.4 Å². The molecule has 1 unspecified atom stereocenters. The molecule has 0 aromatic carbocycles. The maximum Gasteiger partial charge on any atom is 0.320 e. The molecule has 0 aliphatic carbocycles. The van der Waals surface area contributed by atoms with Crippen LogP contribution in [-0.4, -0.2) is 34.9 Å². The van der Waals surface area contributed by atoms with E-state index >= 15 is 0 Å². The molecule has 15 heavy (non-hydrogen) atoms. The van der Waals surface area contributed by atoms with Crippen LogP contribution in [0.4, 0.5) is 0 Å². The number of likely N-dealkylation sites (N-methyl/N-ethyl adjacent to an activating group) is 1. The third-order valence-corrected chi connectivity index (χ3v) is 3.02. The molecule has 0 spiro atoms. The number of thioether (sulfide) groups is 1. The molecule has 5 heteroatoms. The van der Waals surface area contributed by atoms with Gasteiger partial charge in [0, 0.05) is 23.0 Å². The van der Waals surface area contributed by atoms with Crippen molar-refractivity contribution in [2.45, 2.75) is 17.4 Å². The normalized spacial score (nSPS) is 12.3. The Labute approximate surface area is 93.1 Å². The van der Waals surface area contributed by atoms with E-state index in [0.717, 1.165) is 10.6 Å². The number of pyridine rings is 1. The zero-order valence-corrected chi connectivity index (χ0v) is 9.33. The SMILES string of the molecule is CNC(CCSc1ccncc1)C(=O)O. The second-order valence-electron chi connectivity index (χ2n) is 3.00. The van der Waals surface area contributed by atoms with E-state index in [1.807, 2.05) is 12.1 Å². The van der Waals surface area contributed by atoms with Gasteiger partial charge in [-0.05, 0) is 25.6 Å². The number of aliphatic carboxylic acids is 1. The summed E-state index contributed by atoms with van der Waals surface area (Å²) in [6.07, 6.45) is 4.07. The summed E-state index contributed by atoms with van der Waals surface area (Å²) in [5.74, 6) is -0.0187. The highest BCUT2D eigenvalue weighted by Crippen LogP contribution is 2.17. The summed E-state index contributed by atoms with van der Waals surface area (Å²) < 4.78 is 0. The van der Waals surface area contributed by atoms with Crippen LogP contribution < -0.4 is 5.32 Å². The lowest BCUT2D eigenvalue weighted by molar-refractivity contribution is -0.139. The van der Waals surface area contributed by atoms with Crippen molar-refractivity contribution in [2.24, 2.45) is 0 Å². The zero-order valence-electron chi connectivity index (χ0n) is 8.51. The van der Waals surface area contributed by atoms with Crippen molar-refractivity contribution in [2.75, 3.05) is 12.8 Å². The van der Waals surface area contributed by atoms with E-state index < -0.39 is 12.0 Å². The fraction of sp³-hybridized carbons (Fsp3) is 0.400. The highest BCUT2D eigenvalue weighted by Gasteiger charge is 2.13. The van der Waals surface area contributed by atoms with Crippen LogP contribution in [-0.2, 0) is 4.79 Å². The second-order valence-corrected chi connectivity index (χ2v) is 4.17. The van der Waals surface area contributed by atoms with Gasteiger partial charge >= 0.3 is 5.97 Å². The van der Waals surface area contributed by atoms with Crippen molar-refractivity contribution in [3.05, 3.63) is 24.5 Å². The van der Waals surface area contributed by atoms with Crippen LogP contribution in [0.5, 0.6) is 0 Å². The number of aromatic nitrogens is 1.